The van der Waals surface area contributed by atoms with Gasteiger partial charge < -0.3 is 4.57 Å². The Morgan fingerprint density at radius 3 is 2.62 bits per heavy atom. The van der Waals surface area contributed by atoms with Crippen LogP contribution in [0.5, 0.6) is 0 Å². The van der Waals surface area contributed by atoms with Crippen molar-refractivity contribution in [3.63, 3.8) is 0 Å². The number of hydrogen-bond acceptors (Lipinski definition) is 0. The quantitative estimate of drug-likeness (QED) is 0.674. The fourth-order valence-electron chi connectivity index (χ4n) is 2.53. The van der Waals surface area contributed by atoms with Crippen LogP contribution in [0.2, 0.25) is 0 Å². The molecule has 2 aromatic rings. The van der Waals surface area contributed by atoms with Crippen molar-refractivity contribution in [2.45, 2.75) is 32.2 Å². The Balaban J connectivity index is 1.98. The molecule has 0 unspecified atom stereocenters. The summed E-state index contributed by atoms with van der Waals surface area (Å²) in [5.74, 6) is 0. The van der Waals surface area contributed by atoms with Crippen LogP contribution >= 0.6 is 0 Å². The predicted octanol–water partition coefficient (Wildman–Crippen LogP) is 3.88. The van der Waals surface area contributed by atoms with Gasteiger partial charge in [-0.05, 0) is 36.5 Å². The van der Waals surface area contributed by atoms with E-state index in [0.29, 0.717) is 0 Å². The van der Waals surface area contributed by atoms with E-state index in [0.717, 1.165) is 0 Å². The van der Waals surface area contributed by atoms with Crippen molar-refractivity contribution in [3.8, 4) is 11.1 Å². The van der Waals surface area contributed by atoms with Gasteiger partial charge in [-0.1, -0.05) is 36.8 Å². The lowest BCUT2D eigenvalue weighted by Crippen LogP contribution is -1.96. The van der Waals surface area contributed by atoms with Crippen LogP contribution in [0.15, 0.2) is 42.6 Å². The van der Waals surface area contributed by atoms with Gasteiger partial charge in [-0.3, -0.25) is 0 Å². The highest BCUT2D eigenvalue weighted by molar-refractivity contribution is 5.63. The van der Waals surface area contributed by atoms with Gasteiger partial charge in [-0.2, -0.15) is 0 Å². The SMILES string of the molecule is c1ccc(-c2cc3n(c2)CCCCC3)cc1. The summed E-state index contributed by atoms with van der Waals surface area (Å²) in [5, 5.41) is 0. The molecule has 2 heterocycles. The molecular formula is C15H17N. The van der Waals surface area contributed by atoms with E-state index in [2.05, 4.69) is 47.2 Å². The predicted molar refractivity (Wildman–Crippen MR) is 67.4 cm³/mol. The van der Waals surface area contributed by atoms with Crippen LogP contribution in [0.25, 0.3) is 11.1 Å². The minimum Gasteiger partial charge on any atom is -0.351 e. The molecule has 82 valence electrons. The molecule has 1 aliphatic heterocycles. The average molecular weight is 211 g/mol. The Morgan fingerprint density at radius 1 is 0.875 bits per heavy atom. The summed E-state index contributed by atoms with van der Waals surface area (Å²) in [6.45, 7) is 1.20. The Morgan fingerprint density at radius 2 is 1.75 bits per heavy atom. The van der Waals surface area contributed by atoms with Crippen LogP contribution in [0.3, 0.4) is 0 Å². The standard InChI is InChI=1S/C15H17N/c1-3-7-13(8-4-1)14-11-15-9-5-2-6-10-16(15)12-14/h1,3-4,7-8,11-12H,2,5-6,9-10H2. The third kappa shape index (κ3) is 1.78. The summed E-state index contributed by atoms with van der Waals surface area (Å²) in [7, 11) is 0. The number of hydrogen-bond donors (Lipinski definition) is 0. The monoisotopic (exact) mass is 211 g/mol. The van der Waals surface area contributed by atoms with Crippen LogP contribution in [0.4, 0.5) is 0 Å². The van der Waals surface area contributed by atoms with Gasteiger partial charge in [-0.25, -0.2) is 0 Å². The fraction of sp³-hybridized carbons (Fsp3) is 0.333. The van der Waals surface area contributed by atoms with Crippen LogP contribution in [-0.4, -0.2) is 4.57 Å². The van der Waals surface area contributed by atoms with Crippen LogP contribution in [0.1, 0.15) is 25.0 Å². The zero-order valence-electron chi connectivity index (χ0n) is 9.52. The Bertz CT molecular complexity index is 444. The van der Waals surface area contributed by atoms with Crippen LogP contribution in [0, 0.1) is 0 Å². The van der Waals surface area contributed by atoms with Crippen LogP contribution < -0.4 is 0 Å². The number of fused-ring (bicyclic) bond motifs is 1. The first-order chi connectivity index (χ1) is 7.93. The maximum atomic E-state index is 2.44. The first kappa shape index (κ1) is 9.71. The van der Waals surface area contributed by atoms with E-state index in [4.69, 9.17) is 0 Å². The molecule has 1 aromatic heterocycles. The second-order valence-corrected chi connectivity index (χ2v) is 4.59. The molecule has 0 bridgehead atoms. The molecule has 1 heteroatoms. The molecule has 3 rings (SSSR count). The molecule has 1 aromatic carbocycles. The Kier molecular flexibility index (Phi) is 2.53. The molecule has 0 fully saturated rings. The van der Waals surface area contributed by atoms with Crippen molar-refractivity contribution in [2.24, 2.45) is 0 Å². The van der Waals surface area contributed by atoms with Crippen molar-refractivity contribution in [1.82, 2.24) is 4.57 Å². The third-order valence-corrected chi connectivity index (χ3v) is 3.43. The molecule has 0 amide bonds. The normalized spacial score (nSPS) is 15.5. The molecule has 0 radical (unpaired) electrons. The topological polar surface area (TPSA) is 4.93 Å². The molecular weight excluding hydrogens is 194 g/mol. The smallest absolute Gasteiger partial charge is 0.0222 e. The minimum atomic E-state index is 1.20. The largest absolute Gasteiger partial charge is 0.351 e. The lowest BCUT2D eigenvalue weighted by Gasteiger charge is -2.01. The molecule has 0 saturated heterocycles. The van der Waals surface area contributed by atoms with Gasteiger partial charge in [0.15, 0.2) is 0 Å². The molecule has 1 aliphatic rings. The lowest BCUT2D eigenvalue weighted by atomic mass is 10.1. The highest BCUT2D eigenvalue weighted by Gasteiger charge is 2.09. The van der Waals surface area contributed by atoms with Gasteiger partial charge in [0.25, 0.3) is 0 Å². The summed E-state index contributed by atoms with van der Waals surface area (Å²) in [5.41, 5.74) is 4.22. The van der Waals surface area contributed by atoms with E-state index in [-0.39, 0.29) is 0 Å². The second-order valence-electron chi connectivity index (χ2n) is 4.59. The van der Waals surface area contributed by atoms with Crippen molar-refractivity contribution in [1.29, 1.82) is 0 Å². The number of nitrogens with zero attached hydrogens (tertiary/aromatic N) is 1. The number of aromatic nitrogens is 1. The summed E-state index contributed by atoms with van der Waals surface area (Å²) < 4.78 is 2.44. The van der Waals surface area contributed by atoms with Gasteiger partial charge in [0.2, 0.25) is 0 Å². The molecule has 0 N–H and O–H groups in total. The fourth-order valence-corrected chi connectivity index (χ4v) is 2.53. The molecule has 0 spiro atoms. The van der Waals surface area contributed by atoms with E-state index in [1.165, 1.54) is 49.0 Å². The van der Waals surface area contributed by atoms with E-state index >= 15 is 0 Å². The summed E-state index contributed by atoms with van der Waals surface area (Å²) in [6, 6.07) is 13.0. The van der Waals surface area contributed by atoms with E-state index in [9.17, 15) is 0 Å². The zero-order chi connectivity index (χ0) is 10.8. The van der Waals surface area contributed by atoms with Crippen LogP contribution in [-0.2, 0) is 13.0 Å². The molecule has 0 saturated carbocycles. The second kappa shape index (κ2) is 4.17. The van der Waals surface area contributed by atoms with Gasteiger partial charge in [0.05, 0.1) is 0 Å². The van der Waals surface area contributed by atoms with E-state index in [1.54, 1.807) is 0 Å². The highest BCUT2D eigenvalue weighted by atomic mass is 15.0. The number of benzene rings is 1. The summed E-state index contributed by atoms with van der Waals surface area (Å²) in [6.07, 6.45) is 7.61. The van der Waals surface area contributed by atoms with Crippen molar-refractivity contribution in [2.75, 3.05) is 0 Å². The summed E-state index contributed by atoms with van der Waals surface area (Å²) >= 11 is 0. The zero-order valence-corrected chi connectivity index (χ0v) is 9.52. The lowest BCUT2D eigenvalue weighted by molar-refractivity contribution is 0.636. The highest BCUT2D eigenvalue weighted by Crippen LogP contribution is 2.25. The van der Waals surface area contributed by atoms with E-state index < -0.39 is 0 Å². The molecule has 1 nitrogen and oxygen atoms in total. The minimum absolute atomic E-state index is 1.20. The average Bonchev–Trinajstić information content (AvgIpc) is 2.62. The van der Waals surface area contributed by atoms with Crippen molar-refractivity contribution in [3.05, 3.63) is 48.3 Å². The number of rotatable bonds is 1. The Hall–Kier alpha value is -1.50. The number of aryl methyl sites for hydroxylation is 2. The van der Waals surface area contributed by atoms with Gasteiger partial charge in [0.1, 0.15) is 0 Å². The van der Waals surface area contributed by atoms with Crippen molar-refractivity contribution < 1.29 is 0 Å². The van der Waals surface area contributed by atoms with Crippen molar-refractivity contribution >= 4 is 0 Å². The van der Waals surface area contributed by atoms with Gasteiger partial charge >= 0.3 is 0 Å². The molecule has 0 aliphatic carbocycles. The molecule has 16 heavy (non-hydrogen) atoms. The maximum Gasteiger partial charge on any atom is 0.0222 e. The maximum absolute atomic E-state index is 2.44. The Labute approximate surface area is 96.7 Å². The summed E-state index contributed by atoms with van der Waals surface area (Å²) in [4.78, 5) is 0. The van der Waals surface area contributed by atoms with Gasteiger partial charge in [-0.15, -0.1) is 0 Å². The molecule has 0 atom stereocenters. The third-order valence-electron chi connectivity index (χ3n) is 3.43. The first-order valence-electron chi connectivity index (χ1n) is 6.18. The van der Waals surface area contributed by atoms with Gasteiger partial charge in [0, 0.05) is 18.4 Å². The van der Waals surface area contributed by atoms with E-state index in [1.807, 2.05) is 0 Å². The first-order valence-corrected chi connectivity index (χ1v) is 6.18.